The van der Waals surface area contributed by atoms with E-state index >= 15 is 0 Å². The summed E-state index contributed by atoms with van der Waals surface area (Å²) in [5.74, 6) is 1.17. The largest absolute Gasteiger partial charge is 0.441 e. The molecule has 2 N–H and O–H groups in total. The van der Waals surface area contributed by atoms with Gasteiger partial charge in [0.2, 0.25) is 5.91 Å². The molecule has 0 saturated heterocycles. The van der Waals surface area contributed by atoms with E-state index in [4.69, 9.17) is 16.0 Å². The number of nitrogens with one attached hydrogen (secondary N) is 2. The molecule has 6 heteroatoms. The zero-order chi connectivity index (χ0) is 16.8. The van der Waals surface area contributed by atoms with Crippen molar-refractivity contribution in [3.63, 3.8) is 0 Å². The minimum absolute atomic E-state index is 0.00641. The highest BCUT2D eigenvalue weighted by molar-refractivity contribution is 6.33. The highest BCUT2D eigenvalue weighted by Gasteiger charge is 2.11. The molecule has 0 bridgehead atoms. The van der Waals surface area contributed by atoms with Crippen molar-refractivity contribution in [2.45, 2.75) is 19.3 Å². The molecule has 0 fully saturated rings. The van der Waals surface area contributed by atoms with E-state index in [1.165, 1.54) is 5.57 Å². The summed E-state index contributed by atoms with van der Waals surface area (Å²) >= 11 is 6.15. The maximum Gasteiger partial charge on any atom is 0.220 e. The molecule has 1 aromatic heterocycles. The summed E-state index contributed by atoms with van der Waals surface area (Å²) < 4.78 is 5.70. The topological polar surface area (TPSA) is 67.2 Å². The number of hydrogen-bond acceptors (Lipinski definition) is 4. The van der Waals surface area contributed by atoms with Crippen LogP contribution < -0.4 is 10.6 Å². The van der Waals surface area contributed by atoms with Gasteiger partial charge in [-0.2, -0.15) is 0 Å². The number of nitrogens with zero attached hydrogens (tertiary/aromatic N) is 1. The van der Waals surface area contributed by atoms with Crippen LogP contribution >= 0.6 is 11.6 Å². The molecule has 5 nitrogen and oxygen atoms in total. The zero-order valence-electron chi connectivity index (χ0n) is 13.3. The Morgan fingerprint density at radius 2 is 2.25 bits per heavy atom. The third-order valence-corrected chi connectivity index (χ3v) is 4.26. The Kier molecular flexibility index (Phi) is 5.67. The number of carbonyl (C=O) groups excluding carboxylic acids is 1. The lowest BCUT2D eigenvalue weighted by atomic mass is 10.1. The fraction of sp³-hybridized carbons (Fsp3) is 0.333. The second-order valence-electron chi connectivity index (χ2n) is 5.69. The number of oxazole rings is 1. The second-order valence-corrected chi connectivity index (χ2v) is 6.10. The minimum Gasteiger partial charge on any atom is -0.441 e. The summed E-state index contributed by atoms with van der Waals surface area (Å²) in [6.45, 7) is 2.48. The lowest BCUT2D eigenvalue weighted by Gasteiger charge is -2.14. The lowest BCUT2D eigenvalue weighted by Crippen LogP contribution is -2.29. The molecule has 126 valence electrons. The molecule has 2 heterocycles. The summed E-state index contributed by atoms with van der Waals surface area (Å²) in [6.07, 6.45) is 5.59. The molecular weight excluding hydrogens is 326 g/mol. The number of carbonyl (C=O) groups is 1. The van der Waals surface area contributed by atoms with E-state index in [0.29, 0.717) is 36.1 Å². The van der Waals surface area contributed by atoms with Gasteiger partial charge in [-0.05, 0) is 25.1 Å². The monoisotopic (exact) mass is 345 g/mol. The lowest BCUT2D eigenvalue weighted by molar-refractivity contribution is -0.120. The van der Waals surface area contributed by atoms with Crippen molar-refractivity contribution >= 4 is 17.5 Å². The first kappa shape index (κ1) is 16.7. The van der Waals surface area contributed by atoms with Crippen molar-refractivity contribution in [2.24, 2.45) is 0 Å². The van der Waals surface area contributed by atoms with Gasteiger partial charge < -0.3 is 15.1 Å². The number of rotatable bonds is 6. The second kappa shape index (κ2) is 8.13. The number of hydrogen-bond donors (Lipinski definition) is 2. The number of aryl methyl sites for hydroxylation is 1. The fourth-order valence-electron chi connectivity index (χ4n) is 2.56. The van der Waals surface area contributed by atoms with Gasteiger partial charge in [0.15, 0.2) is 11.7 Å². The van der Waals surface area contributed by atoms with Crippen LogP contribution in [-0.2, 0) is 11.2 Å². The normalized spacial score (nSPS) is 14.3. The Bertz CT molecular complexity index is 739. The quantitative estimate of drug-likeness (QED) is 0.790. The Balaban J connectivity index is 1.49. The van der Waals surface area contributed by atoms with E-state index in [2.05, 4.69) is 21.7 Å². The fourth-order valence-corrected chi connectivity index (χ4v) is 2.79. The van der Waals surface area contributed by atoms with Gasteiger partial charge in [0.1, 0.15) is 0 Å². The van der Waals surface area contributed by atoms with Gasteiger partial charge in [-0.15, -0.1) is 0 Å². The molecule has 1 aliphatic rings. The van der Waals surface area contributed by atoms with Crippen LogP contribution in [0.5, 0.6) is 0 Å². The molecule has 1 aromatic carbocycles. The van der Waals surface area contributed by atoms with E-state index in [1.807, 2.05) is 24.3 Å². The highest BCUT2D eigenvalue weighted by Crippen LogP contribution is 2.28. The van der Waals surface area contributed by atoms with E-state index in [1.54, 1.807) is 6.20 Å². The standard InChI is InChI=1S/C18H20ClN3O2/c19-15-4-2-1-3-14(15)16-12-22-18(24-16)6-5-17(23)21-11-13-7-9-20-10-8-13/h1-4,7,12,20H,5-6,8-11H2,(H,21,23). The van der Waals surface area contributed by atoms with Crippen LogP contribution in [0.4, 0.5) is 0 Å². The molecule has 1 aliphatic heterocycles. The van der Waals surface area contributed by atoms with Crippen LogP contribution in [0.25, 0.3) is 11.3 Å². The van der Waals surface area contributed by atoms with Gasteiger partial charge in [0.25, 0.3) is 0 Å². The first-order valence-corrected chi connectivity index (χ1v) is 8.45. The van der Waals surface area contributed by atoms with Crippen molar-refractivity contribution in [2.75, 3.05) is 19.6 Å². The van der Waals surface area contributed by atoms with Gasteiger partial charge >= 0.3 is 0 Å². The summed E-state index contributed by atoms with van der Waals surface area (Å²) in [6, 6.07) is 7.45. The van der Waals surface area contributed by atoms with Crippen molar-refractivity contribution in [1.29, 1.82) is 0 Å². The van der Waals surface area contributed by atoms with Gasteiger partial charge in [-0.25, -0.2) is 4.98 Å². The number of amides is 1. The molecule has 0 atom stereocenters. The predicted octanol–water partition coefficient (Wildman–Crippen LogP) is 2.96. The highest BCUT2D eigenvalue weighted by atomic mass is 35.5. The van der Waals surface area contributed by atoms with Crippen LogP contribution in [0.15, 0.2) is 46.5 Å². The van der Waals surface area contributed by atoms with Crippen molar-refractivity contribution in [3.05, 3.63) is 53.0 Å². The van der Waals surface area contributed by atoms with Crippen LogP contribution in [0.1, 0.15) is 18.7 Å². The van der Waals surface area contributed by atoms with Gasteiger partial charge in [-0.3, -0.25) is 4.79 Å². The molecular formula is C18H20ClN3O2. The first-order chi connectivity index (χ1) is 11.7. The minimum atomic E-state index is 0.00641. The maximum absolute atomic E-state index is 11.9. The van der Waals surface area contributed by atoms with Crippen molar-refractivity contribution in [3.8, 4) is 11.3 Å². The molecule has 0 spiro atoms. The zero-order valence-corrected chi connectivity index (χ0v) is 14.1. The number of aromatic nitrogens is 1. The smallest absolute Gasteiger partial charge is 0.220 e. The number of benzene rings is 1. The first-order valence-electron chi connectivity index (χ1n) is 8.07. The van der Waals surface area contributed by atoms with E-state index in [-0.39, 0.29) is 5.91 Å². The average molecular weight is 346 g/mol. The molecule has 0 radical (unpaired) electrons. The molecule has 1 amide bonds. The SMILES string of the molecule is O=C(CCc1ncc(-c2ccccc2Cl)o1)NCC1=CCNCC1. The van der Waals surface area contributed by atoms with E-state index in [9.17, 15) is 4.79 Å². The Hall–Kier alpha value is -2.11. The van der Waals surface area contributed by atoms with Crippen molar-refractivity contribution < 1.29 is 9.21 Å². The Morgan fingerprint density at radius 3 is 3.04 bits per heavy atom. The van der Waals surface area contributed by atoms with Crippen LogP contribution in [-0.4, -0.2) is 30.5 Å². The molecule has 2 aromatic rings. The van der Waals surface area contributed by atoms with Crippen molar-refractivity contribution in [1.82, 2.24) is 15.6 Å². The van der Waals surface area contributed by atoms with Crippen LogP contribution in [0.3, 0.4) is 0 Å². The molecule has 0 aliphatic carbocycles. The van der Waals surface area contributed by atoms with E-state index in [0.717, 1.165) is 25.1 Å². The number of halogens is 1. The summed E-state index contributed by atoms with van der Waals surface area (Å²) in [5.41, 5.74) is 2.08. The van der Waals surface area contributed by atoms with Gasteiger partial charge in [0.05, 0.1) is 11.2 Å². The Labute approximate surface area is 146 Å². The molecule has 0 saturated carbocycles. The summed E-state index contributed by atoms with van der Waals surface area (Å²) in [5, 5.41) is 6.81. The molecule has 24 heavy (non-hydrogen) atoms. The summed E-state index contributed by atoms with van der Waals surface area (Å²) in [7, 11) is 0. The third kappa shape index (κ3) is 4.46. The Morgan fingerprint density at radius 1 is 1.38 bits per heavy atom. The average Bonchev–Trinajstić information content (AvgIpc) is 3.08. The maximum atomic E-state index is 11.9. The molecule has 3 rings (SSSR count). The third-order valence-electron chi connectivity index (χ3n) is 3.93. The summed E-state index contributed by atoms with van der Waals surface area (Å²) in [4.78, 5) is 16.2. The van der Waals surface area contributed by atoms with Gasteiger partial charge in [0, 0.05) is 31.5 Å². The van der Waals surface area contributed by atoms with Crippen LogP contribution in [0.2, 0.25) is 5.02 Å². The van der Waals surface area contributed by atoms with Crippen LogP contribution in [0, 0.1) is 0 Å². The predicted molar refractivity (Wildman–Crippen MR) is 93.8 cm³/mol. The molecule has 0 unspecified atom stereocenters. The van der Waals surface area contributed by atoms with Gasteiger partial charge in [-0.1, -0.05) is 35.4 Å². The van der Waals surface area contributed by atoms with E-state index < -0.39 is 0 Å².